The Labute approximate surface area is 98.7 Å². The van der Waals surface area contributed by atoms with E-state index in [4.69, 9.17) is 11.6 Å². The van der Waals surface area contributed by atoms with Crippen molar-refractivity contribution in [1.82, 2.24) is 0 Å². The highest BCUT2D eigenvalue weighted by Crippen LogP contribution is 2.28. The zero-order valence-corrected chi connectivity index (χ0v) is 10.9. The van der Waals surface area contributed by atoms with Gasteiger partial charge in [-0.2, -0.15) is 0 Å². The molecule has 1 rings (SSSR count). The Balaban J connectivity index is 2.90. The van der Waals surface area contributed by atoms with E-state index in [1.165, 1.54) is 11.1 Å². The summed E-state index contributed by atoms with van der Waals surface area (Å²) >= 11 is 5.84. The first-order chi connectivity index (χ1) is 7.01. The molecular formula is C14H21Cl. The molecule has 1 heteroatoms. The monoisotopic (exact) mass is 224 g/mol. The first-order valence-electron chi connectivity index (χ1n) is 5.67. The van der Waals surface area contributed by atoms with Gasteiger partial charge in [0.05, 0.1) is 0 Å². The number of benzene rings is 1. The largest absolute Gasteiger partial charge is 0.126 e. The number of halogens is 1. The second kappa shape index (κ2) is 5.03. The molecule has 1 atom stereocenters. The molecule has 0 N–H and O–H groups in total. The minimum absolute atomic E-state index is 0.280. The summed E-state index contributed by atoms with van der Waals surface area (Å²) in [6.07, 6.45) is 1.16. The van der Waals surface area contributed by atoms with Crippen LogP contribution in [0.2, 0.25) is 0 Å². The van der Waals surface area contributed by atoms with Crippen LogP contribution < -0.4 is 0 Å². The van der Waals surface area contributed by atoms with Gasteiger partial charge in [-0.05, 0) is 28.9 Å². The van der Waals surface area contributed by atoms with E-state index in [-0.39, 0.29) is 5.41 Å². The van der Waals surface area contributed by atoms with Crippen LogP contribution >= 0.6 is 11.6 Å². The van der Waals surface area contributed by atoms with E-state index >= 15 is 0 Å². The molecule has 15 heavy (non-hydrogen) atoms. The van der Waals surface area contributed by atoms with E-state index in [1.807, 2.05) is 0 Å². The highest BCUT2D eigenvalue weighted by atomic mass is 35.5. The molecule has 1 aromatic rings. The molecule has 0 aliphatic carbocycles. The van der Waals surface area contributed by atoms with E-state index in [0.29, 0.717) is 11.8 Å². The van der Waals surface area contributed by atoms with Crippen molar-refractivity contribution in [3.63, 3.8) is 0 Å². The van der Waals surface area contributed by atoms with Gasteiger partial charge in [0, 0.05) is 5.88 Å². The molecule has 0 heterocycles. The maximum atomic E-state index is 5.84. The second-order valence-electron chi connectivity index (χ2n) is 4.91. The molecule has 0 bridgehead atoms. The van der Waals surface area contributed by atoms with Crippen LogP contribution in [-0.2, 0) is 5.41 Å². The van der Waals surface area contributed by atoms with Crippen molar-refractivity contribution in [2.24, 2.45) is 0 Å². The summed E-state index contributed by atoms with van der Waals surface area (Å²) in [4.78, 5) is 0. The fourth-order valence-electron chi connectivity index (χ4n) is 1.56. The Kier molecular flexibility index (Phi) is 4.21. The topological polar surface area (TPSA) is 0 Å². The molecule has 0 saturated carbocycles. The molecule has 1 unspecified atom stereocenters. The lowest BCUT2D eigenvalue weighted by Crippen LogP contribution is -2.15. The molecule has 0 aliphatic rings. The van der Waals surface area contributed by atoms with Gasteiger partial charge in [-0.1, -0.05) is 52.0 Å². The quantitative estimate of drug-likeness (QED) is 0.650. The summed E-state index contributed by atoms with van der Waals surface area (Å²) in [5.41, 5.74) is 3.03. The average Bonchev–Trinajstić information content (AvgIpc) is 2.28. The smallest absolute Gasteiger partial charge is 0.0289 e. The van der Waals surface area contributed by atoms with E-state index in [2.05, 4.69) is 52.0 Å². The summed E-state index contributed by atoms with van der Waals surface area (Å²) in [6.45, 7) is 8.96. The van der Waals surface area contributed by atoms with Crippen molar-refractivity contribution in [2.45, 2.75) is 45.4 Å². The normalized spacial score (nSPS) is 13.9. The van der Waals surface area contributed by atoms with Crippen LogP contribution in [0.5, 0.6) is 0 Å². The first kappa shape index (κ1) is 12.6. The van der Waals surface area contributed by atoms with Crippen LogP contribution in [0.15, 0.2) is 24.3 Å². The van der Waals surface area contributed by atoms with Crippen LogP contribution in [0, 0.1) is 0 Å². The van der Waals surface area contributed by atoms with Crippen molar-refractivity contribution >= 4 is 11.6 Å². The molecule has 0 spiro atoms. The summed E-state index contributed by atoms with van der Waals surface area (Å²) in [5, 5.41) is 0. The van der Waals surface area contributed by atoms with Gasteiger partial charge >= 0.3 is 0 Å². The molecule has 0 saturated heterocycles. The molecule has 0 amide bonds. The van der Waals surface area contributed by atoms with Crippen molar-refractivity contribution in [3.05, 3.63) is 35.4 Å². The Morgan fingerprint density at radius 1 is 1.20 bits per heavy atom. The molecule has 0 radical (unpaired) electrons. The third-order valence-corrected chi connectivity index (χ3v) is 3.84. The van der Waals surface area contributed by atoms with E-state index in [1.54, 1.807) is 0 Å². The van der Waals surface area contributed by atoms with Crippen LogP contribution in [-0.4, -0.2) is 5.88 Å². The average molecular weight is 225 g/mol. The van der Waals surface area contributed by atoms with Crippen molar-refractivity contribution in [2.75, 3.05) is 5.88 Å². The van der Waals surface area contributed by atoms with Gasteiger partial charge in [-0.15, -0.1) is 11.6 Å². The number of rotatable bonds is 4. The molecule has 84 valence electrons. The van der Waals surface area contributed by atoms with E-state index in [0.717, 1.165) is 6.42 Å². The number of hydrogen-bond donors (Lipinski definition) is 0. The predicted molar refractivity (Wildman–Crippen MR) is 68.9 cm³/mol. The summed E-state index contributed by atoms with van der Waals surface area (Å²) in [6, 6.07) is 8.89. The molecule has 0 aromatic heterocycles. The molecule has 0 nitrogen and oxygen atoms in total. The van der Waals surface area contributed by atoms with Crippen molar-refractivity contribution in [3.8, 4) is 0 Å². The maximum absolute atomic E-state index is 5.84. The fourth-order valence-corrected chi connectivity index (χ4v) is 1.73. The summed E-state index contributed by atoms with van der Waals surface area (Å²) in [7, 11) is 0. The molecular weight excluding hydrogens is 204 g/mol. The molecule has 0 aliphatic heterocycles. The molecule has 0 fully saturated rings. The van der Waals surface area contributed by atoms with E-state index in [9.17, 15) is 0 Å². The predicted octanol–water partition coefficient (Wildman–Crippen LogP) is 4.72. The van der Waals surface area contributed by atoms with Gasteiger partial charge in [0.2, 0.25) is 0 Å². The highest BCUT2D eigenvalue weighted by molar-refractivity contribution is 6.18. The van der Waals surface area contributed by atoms with Gasteiger partial charge in [-0.3, -0.25) is 0 Å². The van der Waals surface area contributed by atoms with Crippen LogP contribution in [0.3, 0.4) is 0 Å². The van der Waals surface area contributed by atoms with Gasteiger partial charge in [0.25, 0.3) is 0 Å². The molecule has 1 aromatic carbocycles. The minimum Gasteiger partial charge on any atom is -0.126 e. The van der Waals surface area contributed by atoms with Crippen LogP contribution in [0.1, 0.15) is 51.2 Å². The summed E-state index contributed by atoms with van der Waals surface area (Å²) in [5.74, 6) is 1.14. The Morgan fingerprint density at radius 3 is 2.13 bits per heavy atom. The van der Waals surface area contributed by atoms with Gasteiger partial charge in [0.15, 0.2) is 0 Å². The Morgan fingerprint density at radius 2 is 1.73 bits per heavy atom. The Bertz CT molecular complexity index is 298. The maximum Gasteiger partial charge on any atom is 0.0289 e. The number of alkyl halides is 1. The SMILES string of the molecule is CCC(C)(C)c1ccc(C(C)CCl)cc1. The first-order valence-corrected chi connectivity index (χ1v) is 6.21. The van der Waals surface area contributed by atoms with Crippen LogP contribution in [0.25, 0.3) is 0 Å². The minimum atomic E-state index is 0.280. The lowest BCUT2D eigenvalue weighted by atomic mass is 9.81. The fraction of sp³-hybridized carbons (Fsp3) is 0.571. The lowest BCUT2D eigenvalue weighted by Gasteiger charge is -2.23. The standard InChI is InChI=1S/C14H21Cl/c1-5-14(3,4)13-8-6-12(7-9-13)11(2)10-15/h6-9,11H,5,10H2,1-4H3. The zero-order valence-electron chi connectivity index (χ0n) is 10.2. The second-order valence-corrected chi connectivity index (χ2v) is 5.22. The zero-order chi connectivity index (χ0) is 11.5. The highest BCUT2D eigenvalue weighted by Gasteiger charge is 2.17. The van der Waals surface area contributed by atoms with Crippen molar-refractivity contribution < 1.29 is 0 Å². The van der Waals surface area contributed by atoms with Gasteiger partial charge in [0.1, 0.15) is 0 Å². The van der Waals surface area contributed by atoms with Crippen LogP contribution in [0.4, 0.5) is 0 Å². The summed E-state index contributed by atoms with van der Waals surface area (Å²) < 4.78 is 0. The Hall–Kier alpha value is -0.490. The van der Waals surface area contributed by atoms with Gasteiger partial charge in [-0.25, -0.2) is 0 Å². The lowest BCUT2D eigenvalue weighted by molar-refractivity contribution is 0.506. The number of hydrogen-bond acceptors (Lipinski definition) is 0. The third kappa shape index (κ3) is 2.98. The van der Waals surface area contributed by atoms with Crippen molar-refractivity contribution in [1.29, 1.82) is 0 Å². The van der Waals surface area contributed by atoms with E-state index < -0.39 is 0 Å². The third-order valence-electron chi connectivity index (χ3n) is 3.38. The van der Waals surface area contributed by atoms with Gasteiger partial charge < -0.3 is 0 Å².